The van der Waals surface area contributed by atoms with Crippen LogP contribution in [0.4, 0.5) is 43.4 Å². The van der Waals surface area contributed by atoms with Gasteiger partial charge in [0.25, 0.3) is 0 Å². The maximum Gasteiger partial charge on any atom is 0.341 e. The van der Waals surface area contributed by atoms with Crippen LogP contribution in [0.2, 0.25) is 0 Å². The van der Waals surface area contributed by atoms with Crippen molar-refractivity contribution in [1.82, 2.24) is 29.7 Å². The van der Waals surface area contributed by atoms with Crippen molar-refractivity contribution < 1.29 is 56.0 Å². The van der Waals surface area contributed by atoms with Crippen LogP contribution in [0.5, 0.6) is 0 Å². The van der Waals surface area contributed by atoms with E-state index in [0.29, 0.717) is 129 Å². The predicted molar refractivity (Wildman–Crippen MR) is 305 cm³/mol. The molecule has 3 saturated heterocycles. The molecule has 0 unspecified atom stereocenters. The number of pyridine rings is 3. The Morgan fingerprint density at radius 1 is 0.357 bits per heavy atom. The van der Waals surface area contributed by atoms with E-state index in [1.807, 2.05) is 14.7 Å². The van der Waals surface area contributed by atoms with Gasteiger partial charge in [-0.2, -0.15) is 0 Å². The van der Waals surface area contributed by atoms with Crippen molar-refractivity contribution in [1.29, 1.82) is 0 Å². The number of nitrogens with zero attached hydrogens (tertiary/aromatic N) is 6. The third-order valence-corrected chi connectivity index (χ3v) is 14.6. The lowest BCUT2D eigenvalue weighted by Crippen LogP contribution is -2.43. The van der Waals surface area contributed by atoms with Crippen LogP contribution < -0.4 is 46.9 Å². The van der Waals surface area contributed by atoms with E-state index in [-0.39, 0.29) is 16.2 Å². The molecule has 9 aromatic rings. The standard InChI is InChI=1S/3C20H17F2N3O3/c3*21-12-1-3-13(4-2-12)25-11-15(20(27)28)19(26)14-9-16(22)18(10-17(14)25)24-7-5-23-6-8-24/h3*1-4,9-11,23H,5-8H2,(H,27,28). The van der Waals surface area contributed by atoms with Crippen molar-refractivity contribution >= 4 is 67.7 Å². The van der Waals surface area contributed by atoms with Crippen LogP contribution in [0.15, 0.2) is 142 Å². The molecule has 0 bridgehead atoms. The largest absolute Gasteiger partial charge is 0.477 e. The Labute approximate surface area is 472 Å². The molecule has 84 heavy (non-hydrogen) atoms. The van der Waals surface area contributed by atoms with Gasteiger partial charge in [-0.15, -0.1) is 0 Å². The number of anilines is 3. The normalized spacial score (nSPS) is 14.4. The Hall–Kier alpha value is -9.78. The van der Waals surface area contributed by atoms with Gasteiger partial charge in [0.1, 0.15) is 51.6 Å². The average Bonchev–Trinajstić information content (AvgIpc) is 3.26. The van der Waals surface area contributed by atoms with E-state index in [9.17, 15) is 70.4 Å². The molecule has 18 nitrogen and oxygen atoms in total. The second-order valence-electron chi connectivity index (χ2n) is 19.7. The van der Waals surface area contributed by atoms with E-state index < -0.39 is 85.8 Å². The summed E-state index contributed by atoms with van der Waals surface area (Å²) >= 11 is 0. The molecule has 432 valence electrons. The van der Waals surface area contributed by atoms with Gasteiger partial charge in [-0.3, -0.25) is 14.4 Å². The van der Waals surface area contributed by atoms with Gasteiger partial charge in [0, 0.05) is 130 Å². The number of aromatic nitrogens is 3. The minimum atomic E-state index is -1.41. The van der Waals surface area contributed by atoms with E-state index in [2.05, 4.69) is 16.0 Å². The second kappa shape index (κ2) is 24.4. The van der Waals surface area contributed by atoms with Gasteiger partial charge < -0.3 is 59.7 Å². The molecule has 0 radical (unpaired) electrons. The van der Waals surface area contributed by atoms with Gasteiger partial charge in [0.15, 0.2) is 0 Å². The molecule has 6 heterocycles. The number of carboxylic acid groups (broad SMARTS) is 3. The maximum absolute atomic E-state index is 14.8. The van der Waals surface area contributed by atoms with Crippen LogP contribution in [-0.4, -0.2) is 125 Å². The smallest absolute Gasteiger partial charge is 0.341 e. The van der Waals surface area contributed by atoms with E-state index in [0.717, 1.165) is 18.2 Å². The molecule has 12 rings (SSSR count). The lowest BCUT2D eigenvalue weighted by molar-refractivity contribution is 0.0684. The molecule has 3 aliphatic heterocycles. The Balaban J connectivity index is 0.000000140. The van der Waals surface area contributed by atoms with Crippen LogP contribution in [0.1, 0.15) is 31.1 Å². The van der Waals surface area contributed by atoms with Crippen molar-refractivity contribution in [2.24, 2.45) is 0 Å². The zero-order valence-electron chi connectivity index (χ0n) is 44.4. The van der Waals surface area contributed by atoms with E-state index in [4.69, 9.17) is 0 Å². The number of hydrogen-bond donors (Lipinski definition) is 6. The monoisotopic (exact) mass is 1160 g/mol. The van der Waals surface area contributed by atoms with Gasteiger partial charge in [0.05, 0.1) is 33.6 Å². The topological polar surface area (TPSA) is 224 Å². The lowest BCUT2D eigenvalue weighted by atomic mass is 10.1. The number of nitrogens with one attached hydrogen (secondary N) is 3. The zero-order chi connectivity index (χ0) is 59.5. The van der Waals surface area contributed by atoms with Crippen LogP contribution >= 0.6 is 0 Å². The Morgan fingerprint density at radius 2 is 0.583 bits per heavy atom. The minimum absolute atomic E-state index is 0.0411. The molecule has 0 spiro atoms. The summed E-state index contributed by atoms with van der Waals surface area (Å²) in [6.07, 6.45) is 3.58. The van der Waals surface area contributed by atoms with Gasteiger partial charge in [-0.25, -0.2) is 40.7 Å². The number of hydrogen-bond acceptors (Lipinski definition) is 12. The van der Waals surface area contributed by atoms with Crippen LogP contribution in [-0.2, 0) is 0 Å². The molecule has 0 saturated carbocycles. The molecule has 3 aromatic heterocycles. The fourth-order valence-electron chi connectivity index (χ4n) is 10.4. The van der Waals surface area contributed by atoms with Gasteiger partial charge in [0.2, 0.25) is 16.3 Å². The Bertz CT molecular complexity index is 3790. The molecule has 6 N–H and O–H groups in total. The highest BCUT2D eigenvalue weighted by Crippen LogP contribution is 2.31. The molecule has 3 fully saturated rings. The van der Waals surface area contributed by atoms with Crippen molar-refractivity contribution in [3.63, 3.8) is 0 Å². The SMILES string of the molecule is O=C(O)c1cn(-c2ccc(F)cc2)c2cc(N3CCNCC3)c(F)cc2c1=O.O=C(O)c1cn(-c2ccc(F)cc2)c2cc(N3CCNCC3)c(F)cc2c1=O.O=C(O)c1cn(-c2ccc(F)cc2)c2cc(N3CCNCC3)c(F)cc2c1=O. The Morgan fingerprint density at radius 3 is 0.798 bits per heavy atom. The second-order valence-corrected chi connectivity index (χ2v) is 19.7. The maximum atomic E-state index is 14.8. The van der Waals surface area contributed by atoms with Crippen molar-refractivity contribution in [3.8, 4) is 17.1 Å². The van der Waals surface area contributed by atoms with Gasteiger partial charge in [-0.05, 0) is 109 Å². The quantitative estimate of drug-likeness (QED) is 0.0792. The number of benzene rings is 6. The molecular formula is C60H51F6N9O9. The highest BCUT2D eigenvalue weighted by Gasteiger charge is 2.25. The summed E-state index contributed by atoms with van der Waals surface area (Å²) in [5.41, 5.74) is -0.227. The van der Waals surface area contributed by atoms with E-state index >= 15 is 0 Å². The third kappa shape index (κ3) is 11.8. The van der Waals surface area contributed by atoms with Gasteiger partial charge >= 0.3 is 17.9 Å². The molecule has 0 amide bonds. The van der Waals surface area contributed by atoms with Crippen molar-refractivity contribution in [2.45, 2.75) is 0 Å². The number of rotatable bonds is 9. The third-order valence-electron chi connectivity index (χ3n) is 14.6. The summed E-state index contributed by atoms with van der Waals surface area (Å²) in [4.78, 5) is 78.0. The first-order valence-electron chi connectivity index (χ1n) is 26.4. The van der Waals surface area contributed by atoms with E-state index in [1.165, 1.54) is 105 Å². The summed E-state index contributed by atoms with van der Waals surface area (Å²) in [5, 5.41) is 37.6. The number of aromatic carboxylic acids is 3. The summed E-state index contributed by atoms with van der Waals surface area (Å²) in [5.74, 6) is -7.31. The predicted octanol–water partition coefficient (Wildman–Crippen LogP) is 7.13. The molecular weight excluding hydrogens is 1100 g/mol. The molecule has 3 aliphatic rings. The molecule has 0 atom stereocenters. The lowest BCUT2D eigenvalue weighted by Gasteiger charge is -2.30. The summed E-state index contributed by atoms with van der Waals surface area (Å²) in [6, 6.07) is 24.1. The first kappa shape index (κ1) is 57.5. The highest BCUT2D eigenvalue weighted by molar-refractivity contribution is 5.96. The summed E-state index contributed by atoms with van der Waals surface area (Å²) < 4.78 is 88.8. The average molecular weight is 1160 g/mol. The highest BCUT2D eigenvalue weighted by atomic mass is 19.1. The molecule has 6 aromatic carbocycles. The minimum Gasteiger partial charge on any atom is -0.477 e. The fraction of sp³-hybridized carbons (Fsp3) is 0.200. The fourth-order valence-corrected chi connectivity index (χ4v) is 10.4. The number of fused-ring (bicyclic) bond motifs is 3. The molecule has 0 aliphatic carbocycles. The first-order chi connectivity index (χ1) is 40.4. The van der Waals surface area contributed by atoms with Gasteiger partial charge in [-0.1, -0.05) is 0 Å². The molecule has 24 heteroatoms. The number of halogens is 6. The van der Waals surface area contributed by atoms with Crippen LogP contribution in [0.3, 0.4) is 0 Å². The number of carboxylic acids is 3. The van der Waals surface area contributed by atoms with Crippen molar-refractivity contribution in [2.75, 3.05) is 93.2 Å². The summed E-state index contributed by atoms with van der Waals surface area (Å²) in [7, 11) is 0. The number of carbonyl (C=O) groups is 3. The van der Waals surface area contributed by atoms with E-state index in [1.54, 1.807) is 18.2 Å². The first-order valence-corrected chi connectivity index (χ1v) is 26.4. The van der Waals surface area contributed by atoms with Crippen LogP contribution in [0.25, 0.3) is 49.8 Å². The van der Waals surface area contributed by atoms with Crippen molar-refractivity contribution in [3.05, 3.63) is 210 Å². The van der Waals surface area contributed by atoms with Crippen LogP contribution in [0, 0.1) is 34.9 Å². The Kier molecular flexibility index (Phi) is 16.7. The summed E-state index contributed by atoms with van der Waals surface area (Å²) in [6.45, 7) is 7.90. The number of piperazine rings is 3. The zero-order valence-corrected chi connectivity index (χ0v) is 44.4.